The van der Waals surface area contributed by atoms with E-state index in [2.05, 4.69) is 154 Å². The molecule has 0 heterocycles. The molecule has 0 aromatic rings. The first kappa shape index (κ1) is 75.5. The van der Waals surface area contributed by atoms with Crippen molar-refractivity contribution in [1.29, 1.82) is 0 Å². The lowest BCUT2D eigenvalue weighted by Crippen LogP contribution is -2.30. The minimum atomic E-state index is -0.798. The fourth-order valence-corrected chi connectivity index (χ4v) is 8.94. The highest BCUT2D eigenvalue weighted by molar-refractivity contribution is 5.71. The van der Waals surface area contributed by atoms with Crippen LogP contribution in [0.1, 0.15) is 297 Å². The van der Waals surface area contributed by atoms with Gasteiger partial charge in [-0.25, -0.2) is 0 Å². The molecule has 0 spiro atoms. The molecule has 454 valence electrons. The molecule has 0 amide bonds. The zero-order valence-electron chi connectivity index (χ0n) is 52.0. The van der Waals surface area contributed by atoms with Crippen LogP contribution in [0.5, 0.6) is 0 Å². The van der Waals surface area contributed by atoms with Crippen molar-refractivity contribution in [2.24, 2.45) is 0 Å². The lowest BCUT2D eigenvalue weighted by molar-refractivity contribution is -0.167. The molecule has 0 aromatic carbocycles. The van der Waals surface area contributed by atoms with Gasteiger partial charge in [0.25, 0.3) is 0 Å². The van der Waals surface area contributed by atoms with Gasteiger partial charge in [0.15, 0.2) is 6.10 Å². The molecule has 1 atom stereocenters. The second-order valence-corrected chi connectivity index (χ2v) is 21.6. The van der Waals surface area contributed by atoms with E-state index in [0.717, 1.165) is 128 Å². The van der Waals surface area contributed by atoms with Crippen LogP contribution in [0.25, 0.3) is 0 Å². The summed E-state index contributed by atoms with van der Waals surface area (Å²) >= 11 is 0. The Balaban J connectivity index is 4.37. The first-order valence-electron chi connectivity index (χ1n) is 33.2. The quantitative estimate of drug-likeness (QED) is 0.0261. The van der Waals surface area contributed by atoms with Gasteiger partial charge in [0.05, 0.1) is 0 Å². The summed E-state index contributed by atoms with van der Waals surface area (Å²) in [6.45, 7) is 6.48. The van der Waals surface area contributed by atoms with Crippen molar-refractivity contribution in [3.05, 3.63) is 134 Å². The lowest BCUT2D eigenvalue weighted by atomic mass is 10.0. The first-order chi connectivity index (χ1) is 39.5. The van der Waals surface area contributed by atoms with Gasteiger partial charge in [0.1, 0.15) is 13.2 Å². The van der Waals surface area contributed by atoms with Crippen molar-refractivity contribution in [3.8, 4) is 0 Å². The third-order valence-corrected chi connectivity index (χ3v) is 13.9. The molecule has 0 radical (unpaired) electrons. The number of hydrogen-bond donors (Lipinski definition) is 0. The number of esters is 3. The maximum absolute atomic E-state index is 12.9. The topological polar surface area (TPSA) is 78.9 Å². The summed E-state index contributed by atoms with van der Waals surface area (Å²) in [4.78, 5) is 38.3. The minimum Gasteiger partial charge on any atom is -0.462 e. The molecule has 0 fully saturated rings. The summed E-state index contributed by atoms with van der Waals surface area (Å²) in [6.07, 6.45) is 94.6. The number of rotatable bonds is 59. The van der Waals surface area contributed by atoms with Crippen molar-refractivity contribution in [2.45, 2.75) is 303 Å². The monoisotopic (exact) mass is 1110 g/mol. The molecule has 0 aliphatic heterocycles. The maximum Gasteiger partial charge on any atom is 0.306 e. The molecule has 1 unspecified atom stereocenters. The number of hydrogen-bond acceptors (Lipinski definition) is 6. The second-order valence-electron chi connectivity index (χ2n) is 21.6. The minimum absolute atomic E-state index is 0.0910. The Kier molecular flexibility index (Phi) is 63.3. The number of carbonyl (C=O) groups is 3. The Morgan fingerprint density at radius 1 is 0.263 bits per heavy atom. The Morgan fingerprint density at radius 3 is 0.800 bits per heavy atom. The van der Waals surface area contributed by atoms with Crippen molar-refractivity contribution >= 4 is 17.9 Å². The van der Waals surface area contributed by atoms with Crippen LogP contribution in [0.4, 0.5) is 0 Å². The molecule has 0 aliphatic rings. The van der Waals surface area contributed by atoms with E-state index in [1.807, 2.05) is 0 Å². The normalized spacial score (nSPS) is 13.0. The van der Waals surface area contributed by atoms with E-state index in [9.17, 15) is 14.4 Å². The van der Waals surface area contributed by atoms with Crippen molar-refractivity contribution in [3.63, 3.8) is 0 Å². The van der Waals surface area contributed by atoms with Gasteiger partial charge in [-0.2, -0.15) is 0 Å². The van der Waals surface area contributed by atoms with Gasteiger partial charge < -0.3 is 14.2 Å². The Labute approximate surface area is 494 Å². The summed E-state index contributed by atoms with van der Waals surface area (Å²) in [5.74, 6) is -0.925. The third kappa shape index (κ3) is 64.4. The predicted molar refractivity (Wildman–Crippen MR) is 348 cm³/mol. The molecule has 0 saturated heterocycles. The van der Waals surface area contributed by atoms with Crippen molar-refractivity contribution in [2.75, 3.05) is 13.2 Å². The Morgan fingerprint density at radius 2 is 0.487 bits per heavy atom. The van der Waals surface area contributed by atoms with Gasteiger partial charge in [-0.05, 0) is 122 Å². The van der Waals surface area contributed by atoms with E-state index < -0.39 is 6.10 Å². The molecular formula is C74H122O6. The van der Waals surface area contributed by atoms with Crippen molar-refractivity contribution < 1.29 is 28.6 Å². The number of allylic oxidation sites excluding steroid dienone is 22. The largest absolute Gasteiger partial charge is 0.462 e. The van der Waals surface area contributed by atoms with Gasteiger partial charge in [-0.3, -0.25) is 14.4 Å². The molecule has 0 rings (SSSR count). The average Bonchev–Trinajstić information content (AvgIpc) is 3.46. The number of unbranched alkanes of at least 4 members (excludes halogenated alkanes) is 26. The average molecular weight is 1110 g/mol. The summed E-state index contributed by atoms with van der Waals surface area (Å²) in [5.41, 5.74) is 0. The SMILES string of the molecule is CC/C=C\C/C=C\C/C=C\C/C=C\C/C=C\C/C=C\C/C=C\C/C=C\C/C=C\CCCCCC(=O)OCC(COC(=O)CCCCCCCCCCCCCC)OC(=O)CCCCCCCCCCC/C=C\C/C=C\CCCCC. The van der Waals surface area contributed by atoms with Crippen LogP contribution in [0.2, 0.25) is 0 Å². The zero-order valence-corrected chi connectivity index (χ0v) is 52.0. The van der Waals surface area contributed by atoms with Crippen LogP contribution in [0.3, 0.4) is 0 Å². The van der Waals surface area contributed by atoms with Crippen LogP contribution in [0.15, 0.2) is 134 Å². The van der Waals surface area contributed by atoms with Gasteiger partial charge >= 0.3 is 17.9 Å². The fourth-order valence-electron chi connectivity index (χ4n) is 8.94. The molecule has 0 N–H and O–H groups in total. The van der Waals surface area contributed by atoms with E-state index in [-0.39, 0.29) is 31.1 Å². The predicted octanol–water partition coefficient (Wildman–Crippen LogP) is 22.9. The van der Waals surface area contributed by atoms with E-state index in [0.29, 0.717) is 19.3 Å². The van der Waals surface area contributed by atoms with Crippen LogP contribution in [-0.4, -0.2) is 37.2 Å². The second kappa shape index (κ2) is 67.1. The van der Waals surface area contributed by atoms with E-state index >= 15 is 0 Å². The van der Waals surface area contributed by atoms with Crippen LogP contribution in [-0.2, 0) is 28.6 Å². The molecule has 6 heteroatoms. The highest BCUT2D eigenvalue weighted by atomic mass is 16.6. The van der Waals surface area contributed by atoms with Crippen LogP contribution in [0, 0.1) is 0 Å². The fraction of sp³-hybridized carbons (Fsp3) is 0.662. The van der Waals surface area contributed by atoms with Gasteiger partial charge in [0, 0.05) is 19.3 Å². The lowest BCUT2D eigenvalue weighted by Gasteiger charge is -2.18. The maximum atomic E-state index is 12.9. The highest BCUT2D eigenvalue weighted by Gasteiger charge is 2.19. The number of carbonyl (C=O) groups excluding carboxylic acids is 3. The van der Waals surface area contributed by atoms with Gasteiger partial charge in [-0.15, -0.1) is 0 Å². The zero-order chi connectivity index (χ0) is 57.8. The molecular weight excluding hydrogens is 985 g/mol. The standard InChI is InChI=1S/C74H122O6/c1-4-7-10-13-16-19-22-25-27-29-31-32-33-34-35-36-37-38-39-40-41-42-44-45-47-49-52-55-58-61-64-67-73(76)79-70-71(69-78-72(75)66-63-60-57-54-51-24-21-18-15-12-9-6-3)80-74(77)68-65-62-59-56-53-50-48-46-43-30-28-26-23-20-17-14-11-8-5-2/h7,10,16-17,19-20,25-28,31-32,34-35,37-38,40-41,44-45,49,52,71H,4-6,8-9,11-15,18,21-24,29-30,33,36,39,42-43,46-48,50-51,53-70H2,1-3H3/b10-7-,19-16-,20-17-,27-25-,28-26-,32-31-,35-34-,38-37-,41-40-,45-44-,52-49-. The Hall–Kier alpha value is -4.45. The van der Waals surface area contributed by atoms with E-state index in [1.54, 1.807) is 0 Å². The van der Waals surface area contributed by atoms with E-state index in [1.165, 1.54) is 128 Å². The Bertz CT molecular complexity index is 1700. The molecule has 80 heavy (non-hydrogen) atoms. The van der Waals surface area contributed by atoms with Gasteiger partial charge in [0.2, 0.25) is 0 Å². The summed E-state index contributed by atoms with van der Waals surface area (Å²) in [7, 11) is 0. The van der Waals surface area contributed by atoms with Gasteiger partial charge in [-0.1, -0.05) is 289 Å². The third-order valence-electron chi connectivity index (χ3n) is 13.9. The molecule has 0 saturated carbocycles. The molecule has 0 bridgehead atoms. The first-order valence-corrected chi connectivity index (χ1v) is 33.2. The smallest absolute Gasteiger partial charge is 0.306 e. The summed E-state index contributed by atoms with van der Waals surface area (Å²) in [5, 5.41) is 0. The van der Waals surface area contributed by atoms with E-state index in [4.69, 9.17) is 14.2 Å². The highest BCUT2D eigenvalue weighted by Crippen LogP contribution is 2.16. The number of ether oxygens (including phenoxy) is 3. The summed E-state index contributed by atoms with van der Waals surface area (Å²) < 4.78 is 16.9. The van der Waals surface area contributed by atoms with Crippen LogP contribution < -0.4 is 0 Å². The molecule has 0 aliphatic carbocycles. The molecule has 0 aromatic heterocycles. The molecule has 6 nitrogen and oxygen atoms in total. The summed E-state index contributed by atoms with van der Waals surface area (Å²) in [6, 6.07) is 0. The van der Waals surface area contributed by atoms with Crippen LogP contribution >= 0.6 is 0 Å². The van der Waals surface area contributed by atoms with Crippen molar-refractivity contribution in [1.82, 2.24) is 0 Å².